The molecule has 0 aromatic rings. The first kappa shape index (κ1) is 12.4. The van der Waals surface area contributed by atoms with Gasteiger partial charge in [0.1, 0.15) is 0 Å². The Morgan fingerprint density at radius 2 is 1.69 bits per heavy atom. The van der Waals surface area contributed by atoms with Gasteiger partial charge in [0.2, 0.25) is 5.91 Å². The van der Waals surface area contributed by atoms with Crippen LogP contribution in [0.4, 0.5) is 0 Å². The summed E-state index contributed by atoms with van der Waals surface area (Å²) in [4.78, 5) is 11.6. The molecule has 0 aromatic carbocycles. The van der Waals surface area contributed by atoms with E-state index in [-0.39, 0.29) is 11.3 Å². The molecule has 0 unspecified atom stereocenters. The summed E-state index contributed by atoms with van der Waals surface area (Å²) in [5.74, 6) is 0.0323. The largest absolute Gasteiger partial charge is 0.355 e. The summed E-state index contributed by atoms with van der Waals surface area (Å²) < 4.78 is 0. The van der Waals surface area contributed by atoms with Crippen molar-refractivity contribution in [3.05, 3.63) is 0 Å². The van der Waals surface area contributed by atoms with E-state index in [1.54, 1.807) is 0 Å². The van der Waals surface area contributed by atoms with E-state index < -0.39 is 5.41 Å². The zero-order valence-corrected chi connectivity index (χ0v) is 9.40. The van der Waals surface area contributed by atoms with Crippen LogP contribution in [-0.4, -0.2) is 19.0 Å². The first-order valence-electron chi connectivity index (χ1n) is 4.67. The van der Waals surface area contributed by atoms with Crippen molar-refractivity contribution in [1.29, 1.82) is 0 Å². The van der Waals surface area contributed by atoms with Crippen LogP contribution in [0.5, 0.6) is 0 Å². The predicted octanol–water partition coefficient (Wildman–Crippen LogP) is 1.13. The van der Waals surface area contributed by atoms with Gasteiger partial charge in [-0.1, -0.05) is 20.8 Å². The fourth-order valence-electron chi connectivity index (χ4n) is 0.677. The Morgan fingerprint density at radius 1 is 1.23 bits per heavy atom. The second kappa shape index (κ2) is 4.09. The summed E-state index contributed by atoms with van der Waals surface area (Å²) in [6.45, 7) is 11.0. The molecule has 3 N–H and O–H groups in total. The number of carbonyl (C=O) groups is 1. The van der Waals surface area contributed by atoms with E-state index in [0.717, 1.165) is 0 Å². The predicted molar refractivity (Wildman–Crippen MR) is 55.3 cm³/mol. The van der Waals surface area contributed by atoms with Crippen LogP contribution >= 0.6 is 0 Å². The van der Waals surface area contributed by atoms with Crippen molar-refractivity contribution in [2.24, 2.45) is 16.6 Å². The average Bonchev–Trinajstić information content (AvgIpc) is 1.98. The fourth-order valence-corrected chi connectivity index (χ4v) is 0.677. The highest BCUT2D eigenvalue weighted by Gasteiger charge is 2.26. The zero-order valence-electron chi connectivity index (χ0n) is 9.40. The Morgan fingerprint density at radius 3 is 2.00 bits per heavy atom. The molecule has 78 valence electrons. The maximum atomic E-state index is 11.6. The second-order valence-electron chi connectivity index (χ2n) is 5.33. The summed E-state index contributed by atoms with van der Waals surface area (Å²) in [6.07, 6.45) is 0. The summed E-state index contributed by atoms with van der Waals surface area (Å²) >= 11 is 0. The van der Waals surface area contributed by atoms with E-state index >= 15 is 0 Å². The van der Waals surface area contributed by atoms with Gasteiger partial charge in [-0.15, -0.1) is 0 Å². The summed E-state index contributed by atoms with van der Waals surface area (Å²) in [7, 11) is 0. The maximum absolute atomic E-state index is 11.6. The van der Waals surface area contributed by atoms with Crippen LogP contribution in [0.1, 0.15) is 34.6 Å². The molecule has 0 heterocycles. The van der Waals surface area contributed by atoms with Crippen LogP contribution in [0.2, 0.25) is 0 Å². The number of nitrogens with one attached hydrogen (secondary N) is 1. The van der Waals surface area contributed by atoms with Crippen LogP contribution in [0.25, 0.3) is 0 Å². The van der Waals surface area contributed by atoms with Gasteiger partial charge in [0, 0.05) is 13.1 Å². The number of hydrogen-bond donors (Lipinski definition) is 2. The van der Waals surface area contributed by atoms with Gasteiger partial charge in [0.25, 0.3) is 0 Å². The molecule has 0 aliphatic carbocycles. The molecular weight excluding hydrogens is 164 g/mol. The Labute approximate surface area is 81.1 Å². The molecule has 3 nitrogen and oxygen atoms in total. The number of carbonyl (C=O) groups excluding carboxylic acids is 1. The summed E-state index contributed by atoms with van der Waals surface area (Å²) in [5.41, 5.74) is 5.16. The molecule has 0 aromatic heterocycles. The lowest BCUT2D eigenvalue weighted by Crippen LogP contribution is -2.44. The van der Waals surface area contributed by atoms with Crippen molar-refractivity contribution in [2.45, 2.75) is 34.6 Å². The second-order valence-corrected chi connectivity index (χ2v) is 5.33. The fraction of sp³-hybridized carbons (Fsp3) is 0.900. The SMILES string of the molecule is CC(C)(C)CNC(=O)C(C)(C)CN. The lowest BCUT2D eigenvalue weighted by molar-refractivity contribution is -0.129. The Bertz CT molecular complexity index is 180. The van der Waals surface area contributed by atoms with Crippen molar-refractivity contribution in [3.63, 3.8) is 0 Å². The van der Waals surface area contributed by atoms with Gasteiger partial charge in [-0.05, 0) is 19.3 Å². The van der Waals surface area contributed by atoms with Gasteiger partial charge in [-0.25, -0.2) is 0 Å². The Kier molecular flexibility index (Phi) is 3.91. The van der Waals surface area contributed by atoms with E-state index in [0.29, 0.717) is 13.1 Å². The molecule has 0 rings (SSSR count). The molecule has 0 fully saturated rings. The smallest absolute Gasteiger partial charge is 0.226 e. The molecule has 3 heteroatoms. The standard InChI is InChI=1S/C10H22N2O/c1-9(2,3)7-12-8(13)10(4,5)6-11/h6-7,11H2,1-5H3,(H,12,13). The highest BCUT2D eigenvalue weighted by Crippen LogP contribution is 2.15. The Hall–Kier alpha value is -0.570. The van der Waals surface area contributed by atoms with E-state index in [1.807, 2.05) is 13.8 Å². The van der Waals surface area contributed by atoms with E-state index in [1.165, 1.54) is 0 Å². The van der Waals surface area contributed by atoms with Crippen molar-refractivity contribution in [3.8, 4) is 0 Å². The first-order valence-corrected chi connectivity index (χ1v) is 4.67. The van der Waals surface area contributed by atoms with Crippen molar-refractivity contribution in [2.75, 3.05) is 13.1 Å². The van der Waals surface area contributed by atoms with Gasteiger partial charge in [0.15, 0.2) is 0 Å². The lowest BCUT2D eigenvalue weighted by atomic mass is 9.91. The van der Waals surface area contributed by atoms with Crippen LogP contribution < -0.4 is 11.1 Å². The third kappa shape index (κ3) is 4.88. The topological polar surface area (TPSA) is 55.1 Å². The van der Waals surface area contributed by atoms with Crippen molar-refractivity contribution < 1.29 is 4.79 Å². The molecule has 0 saturated carbocycles. The average molecular weight is 186 g/mol. The minimum atomic E-state index is -0.453. The van der Waals surface area contributed by atoms with Crippen molar-refractivity contribution in [1.82, 2.24) is 5.32 Å². The Balaban J connectivity index is 4.03. The van der Waals surface area contributed by atoms with Gasteiger partial charge in [-0.3, -0.25) is 4.79 Å². The normalized spacial score (nSPS) is 12.8. The molecule has 0 spiro atoms. The van der Waals surface area contributed by atoms with E-state index in [2.05, 4.69) is 26.1 Å². The minimum absolute atomic E-state index is 0.0323. The van der Waals surface area contributed by atoms with E-state index in [9.17, 15) is 4.79 Å². The van der Waals surface area contributed by atoms with Crippen LogP contribution in [-0.2, 0) is 4.79 Å². The number of hydrogen-bond acceptors (Lipinski definition) is 2. The van der Waals surface area contributed by atoms with Crippen LogP contribution in [0, 0.1) is 10.8 Å². The molecule has 13 heavy (non-hydrogen) atoms. The van der Waals surface area contributed by atoms with Crippen molar-refractivity contribution >= 4 is 5.91 Å². The monoisotopic (exact) mass is 186 g/mol. The molecule has 0 aliphatic heterocycles. The van der Waals surface area contributed by atoms with E-state index in [4.69, 9.17) is 5.73 Å². The molecule has 0 bridgehead atoms. The summed E-state index contributed by atoms with van der Waals surface area (Å²) in [6, 6.07) is 0. The third-order valence-electron chi connectivity index (χ3n) is 1.90. The van der Waals surface area contributed by atoms with Crippen LogP contribution in [0.15, 0.2) is 0 Å². The lowest BCUT2D eigenvalue weighted by Gasteiger charge is -2.25. The van der Waals surface area contributed by atoms with Gasteiger partial charge >= 0.3 is 0 Å². The molecule has 0 atom stereocenters. The van der Waals surface area contributed by atoms with Gasteiger partial charge in [-0.2, -0.15) is 0 Å². The first-order chi connectivity index (χ1) is 5.69. The number of rotatable bonds is 3. The number of amides is 1. The molecular formula is C10H22N2O. The van der Waals surface area contributed by atoms with Crippen LogP contribution in [0.3, 0.4) is 0 Å². The zero-order chi connectivity index (χ0) is 10.7. The van der Waals surface area contributed by atoms with Gasteiger partial charge in [0.05, 0.1) is 5.41 Å². The quantitative estimate of drug-likeness (QED) is 0.694. The highest BCUT2D eigenvalue weighted by molar-refractivity contribution is 5.82. The molecule has 0 saturated heterocycles. The number of nitrogens with two attached hydrogens (primary N) is 1. The highest BCUT2D eigenvalue weighted by atomic mass is 16.2. The molecule has 1 amide bonds. The minimum Gasteiger partial charge on any atom is -0.355 e. The maximum Gasteiger partial charge on any atom is 0.226 e. The summed E-state index contributed by atoms with van der Waals surface area (Å²) in [5, 5.41) is 2.89. The third-order valence-corrected chi connectivity index (χ3v) is 1.90. The molecule has 0 aliphatic rings. The molecule has 0 radical (unpaired) electrons. The van der Waals surface area contributed by atoms with Gasteiger partial charge < -0.3 is 11.1 Å².